The molecule has 3 N–H and O–H groups in total. The van der Waals surface area contributed by atoms with Crippen LogP contribution in [-0.2, 0) is 4.74 Å². The third-order valence-corrected chi connectivity index (χ3v) is 4.33. The van der Waals surface area contributed by atoms with Crippen molar-refractivity contribution < 1.29 is 39.2 Å². The van der Waals surface area contributed by atoms with E-state index in [-0.39, 0.29) is 22.4 Å². The van der Waals surface area contributed by atoms with Gasteiger partial charge in [-0.3, -0.25) is 9.59 Å². The number of esters is 1. The second-order valence-corrected chi connectivity index (χ2v) is 5.67. The normalized spacial score (nSPS) is 12.4. The molecule has 0 bridgehead atoms. The number of ether oxygens (including phenoxy) is 2. The predicted molar refractivity (Wildman–Crippen MR) is 87.4 cm³/mol. The maximum atomic E-state index is 12.8. The first kappa shape index (κ1) is 17.3. The lowest BCUT2D eigenvalue weighted by Gasteiger charge is -2.23. The highest BCUT2D eigenvalue weighted by Gasteiger charge is 2.40. The molecule has 0 saturated heterocycles. The summed E-state index contributed by atoms with van der Waals surface area (Å²) in [5.41, 5.74) is -2.08. The van der Waals surface area contributed by atoms with Crippen molar-refractivity contribution in [1.82, 2.24) is 0 Å². The van der Waals surface area contributed by atoms with Crippen molar-refractivity contribution in [3.63, 3.8) is 0 Å². The minimum atomic E-state index is -0.983. The molecule has 8 nitrogen and oxygen atoms in total. The Hall–Kier alpha value is -3.55. The summed E-state index contributed by atoms with van der Waals surface area (Å²) < 4.78 is 9.54. The Bertz CT molecular complexity index is 1000. The number of fused-ring (bicyclic) bond motifs is 2. The third kappa shape index (κ3) is 2.12. The molecular formula is C18H14O8. The van der Waals surface area contributed by atoms with Gasteiger partial charge in [-0.05, 0) is 13.0 Å². The molecule has 0 saturated carbocycles. The van der Waals surface area contributed by atoms with Gasteiger partial charge in [-0.15, -0.1) is 0 Å². The molecule has 26 heavy (non-hydrogen) atoms. The zero-order valence-corrected chi connectivity index (χ0v) is 14.0. The second kappa shape index (κ2) is 5.76. The SMILES string of the molecule is COC(=O)c1c(C)c(O)c2c(c1O)C(=O)c1c(O)cc(OC)cc1C2=O. The Balaban J connectivity index is 2.42. The van der Waals surface area contributed by atoms with Gasteiger partial charge in [-0.1, -0.05) is 0 Å². The Kier molecular flexibility index (Phi) is 3.83. The fourth-order valence-corrected chi connectivity index (χ4v) is 3.04. The number of carbonyl (C=O) groups excluding carboxylic acids is 3. The molecule has 1 aliphatic rings. The van der Waals surface area contributed by atoms with E-state index in [1.165, 1.54) is 20.1 Å². The van der Waals surface area contributed by atoms with Crippen molar-refractivity contribution in [2.45, 2.75) is 6.92 Å². The highest BCUT2D eigenvalue weighted by atomic mass is 16.5. The number of carbonyl (C=O) groups is 3. The first-order chi connectivity index (χ1) is 12.2. The number of phenolic OH excluding ortho intramolecular Hbond substituents is 3. The van der Waals surface area contributed by atoms with Gasteiger partial charge in [0.2, 0.25) is 5.78 Å². The van der Waals surface area contributed by atoms with E-state index in [9.17, 15) is 29.7 Å². The van der Waals surface area contributed by atoms with Crippen LogP contribution < -0.4 is 4.74 Å². The minimum Gasteiger partial charge on any atom is -0.507 e. The van der Waals surface area contributed by atoms with E-state index in [0.29, 0.717) is 0 Å². The molecule has 2 aromatic carbocycles. The number of hydrogen-bond donors (Lipinski definition) is 3. The molecule has 134 valence electrons. The maximum absolute atomic E-state index is 12.8. The van der Waals surface area contributed by atoms with Gasteiger partial charge >= 0.3 is 5.97 Å². The number of methoxy groups -OCH3 is 2. The van der Waals surface area contributed by atoms with Crippen LogP contribution in [0.2, 0.25) is 0 Å². The quantitative estimate of drug-likeness (QED) is 0.466. The number of rotatable bonds is 2. The number of phenols is 3. The molecule has 1 aliphatic carbocycles. The summed E-state index contributed by atoms with van der Waals surface area (Å²) in [6.45, 7) is 1.30. The van der Waals surface area contributed by atoms with E-state index in [1.807, 2.05) is 0 Å². The smallest absolute Gasteiger partial charge is 0.342 e. The molecule has 0 unspecified atom stereocenters. The van der Waals surface area contributed by atoms with Crippen molar-refractivity contribution in [3.05, 3.63) is 45.5 Å². The highest BCUT2D eigenvalue weighted by molar-refractivity contribution is 6.32. The third-order valence-electron chi connectivity index (χ3n) is 4.33. The van der Waals surface area contributed by atoms with Gasteiger partial charge in [0.1, 0.15) is 28.6 Å². The van der Waals surface area contributed by atoms with Crippen LogP contribution in [0, 0.1) is 6.92 Å². The van der Waals surface area contributed by atoms with Crippen molar-refractivity contribution in [2.24, 2.45) is 0 Å². The Morgan fingerprint density at radius 2 is 1.54 bits per heavy atom. The molecule has 2 aromatic rings. The summed E-state index contributed by atoms with van der Waals surface area (Å²) >= 11 is 0. The lowest BCUT2D eigenvalue weighted by molar-refractivity contribution is 0.0595. The molecule has 0 fully saturated rings. The summed E-state index contributed by atoms with van der Waals surface area (Å²) in [4.78, 5) is 37.6. The van der Waals surface area contributed by atoms with Crippen molar-refractivity contribution in [3.8, 4) is 23.0 Å². The van der Waals surface area contributed by atoms with Gasteiger partial charge in [-0.2, -0.15) is 0 Å². The van der Waals surface area contributed by atoms with E-state index in [4.69, 9.17) is 4.74 Å². The molecule has 0 aliphatic heterocycles. The van der Waals surface area contributed by atoms with Gasteiger partial charge in [0, 0.05) is 17.2 Å². The lowest BCUT2D eigenvalue weighted by Crippen LogP contribution is -2.23. The van der Waals surface area contributed by atoms with E-state index in [2.05, 4.69) is 4.74 Å². The fourth-order valence-electron chi connectivity index (χ4n) is 3.04. The van der Waals surface area contributed by atoms with Crippen LogP contribution in [0.5, 0.6) is 23.0 Å². The van der Waals surface area contributed by atoms with Gasteiger partial charge < -0.3 is 24.8 Å². The fraction of sp³-hybridized carbons (Fsp3) is 0.167. The zero-order chi connectivity index (χ0) is 19.3. The van der Waals surface area contributed by atoms with Crippen LogP contribution >= 0.6 is 0 Å². The first-order valence-electron chi connectivity index (χ1n) is 7.41. The molecule has 3 rings (SSSR count). The van der Waals surface area contributed by atoms with Crippen molar-refractivity contribution >= 4 is 17.5 Å². The van der Waals surface area contributed by atoms with Crippen LogP contribution in [0.1, 0.15) is 47.8 Å². The van der Waals surface area contributed by atoms with Gasteiger partial charge in [0.05, 0.1) is 30.9 Å². The van der Waals surface area contributed by atoms with Crippen LogP contribution in [0.3, 0.4) is 0 Å². The highest BCUT2D eigenvalue weighted by Crippen LogP contribution is 2.45. The molecule has 8 heteroatoms. The van der Waals surface area contributed by atoms with Crippen LogP contribution in [0.15, 0.2) is 12.1 Å². The average molecular weight is 358 g/mol. The number of ketones is 2. The molecule has 0 heterocycles. The lowest BCUT2D eigenvalue weighted by atomic mass is 9.80. The average Bonchev–Trinajstić information content (AvgIpc) is 2.61. The van der Waals surface area contributed by atoms with E-state index < -0.39 is 51.5 Å². The van der Waals surface area contributed by atoms with Crippen LogP contribution in [-0.4, -0.2) is 47.1 Å². The summed E-state index contributed by atoms with van der Waals surface area (Å²) in [6, 6.07) is 2.39. The molecule has 0 amide bonds. The van der Waals surface area contributed by atoms with Gasteiger partial charge in [0.25, 0.3) is 0 Å². The Morgan fingerprint density at radius 3 is 2.12 bits per heavy atom. The van der Waals surface area contributed by atoms with Crippen LogP contribution in [0.25, 0.3) is 0 Å². The zero-order valence-electron chi connectivity index (χ0n) is 14.0. The van der Waals surface area contributed by atoms with E-state index in [1.54, 1.807) is 0 Å². The van der Waals surface area contributed by atoms with Crippen LogP contribution in [0.4, 0.5) is 0 Å². The van der Waals surface area contributed by atoms with E-state index in [0.717, 1.165) is 13.2 Å². The maximum Gasteiger partial charge on any atom is 0.342 e. The summed E-state index contributed by atoms with van der Waals surface area (Å²) in [5, 5.41) is 31.0. The molecule has 0 radical (unpaired) electrons. The predicted octanol–water partition coefficient (Wildman–Crippen LogP) is 1.68. The summed E-state index contributed by atoms with van der Waals surface area (Å²) in [5.74, 6) is -4.49. The summed E-state index contributed by atoms with van der Waals surface area (Å²) in [6.07, 6.45) is 0. The number of aromatic hydroxyl groups is 3. The standard InChI is InChI=1S/C18H14O8/c1-6-10(18(24)26-3)16(22)13-12(14(6)20)15(21)8-4-7(25-2)5-9(19)11(8)17(13)23/h4-5,19-20,22H,1-3H3. The van der Waals surface area contributed by atoms with Crippen molar-refractivity contribution in [1.29, 1.82) is 0 Å². The summed E-state index contributed by atoms with van der Waals surface area (Å²) in [7, 11) is 2.39. The van der Waals surface area contributed by atoms with Gasteiger partial charge in [0.15, 0.2) is 5.78 Å². The first-order valence-corrected chi connectivity index (χ1v) is 7.41. The van der Waals surface area contributed by atoms with Gasteiger partial charge in [-0.25, -0.2) is 4.79 Å². The van der Waals surface area contributed by atoms with Crippen molar-refractivity contribution in [2.75, 3.05) is 14.2 Å². The number of hydrogen-bond acceptors (Lipinski definition) is 8. The topological polar surface area (TPSA) is 130 Å². The molecule has 0 spiro atoms. The minimum absolute atomic E-state index is 0.107. The Morgan fingerprint density at radius 1 is 0.923 bits per heavy atom. The molecule has 0 atom stereocenters. The number of benzene rings is 2. The molecule has 0 aromatic heterocycles. The largest absolute Gasteiger partial charge is 0.507 e. The monoisotopic (exact) mass is 358 g/mol. The molecular weight excluding hydrogens is 344 g/mol. The van der Waals surface area contributed by atoms with E-state index >= 15 is 0 Å². The Labute approximate surface area is 147 Å². The second-order valence-electron chi connectivity index (χ2n) is 5.67.